The molecule has 0 unspecified atom stereocenters. The van der Waals surface area contributed by atoms with Gasteiger partial charge in [-0.1, -0.05) is 36.4 Å². The molecular weight excluding hydrogens is 320 g/mol. The fourth-order valence-corrected chi connectivity index (χ4v) is 3.61. The Morgan fingerprint density at radius 1 is 1.04 bits per heavy atom. The van der Waals surface area contributed by atoms with Gasteiger partial charge in [0.1, 0.15) is 22.6 Å². The van der Waals surface area contributed by atoms with Crippen LogP contribution in [0.15, 0.2) is 60.0 Å². The van der Waals surface area contributed by atoms with Crippen molar-refractivity contribution >= 4 is 22.2 Å². The quantitative estimate of drug-likeness (QED) is 0.752. The molecule has 1 aliphatic rings. The van der Waals surface area contributed by atoms with Crippen LogP contribution < -0.4 is 10.1 Å². The summed E-state index contributed by atoms with van der Waals surface area (Å²) in [6.07, 6.45) is 0. The smallest absolute Gasteiger partial charge is 0.237 e. The highest BCUT2D eigenvalue weighted by Crippen LogP contribution is 2.44. The Kier molecular flexibility index (Phi) is 3.52. The van der Waals surface area contributed by atoms with Crippen LogP contribution in [0.5, 0.6) is 11.5 Å². The molecule has 1 aliphatic heterocycles. The molecule has 0 spiro atoms. The van der Waals surface area contributed by atoms with E-state index in [2.05, 4.69) is 11.4 Å². The first-order valence-corrected chi connectivity index (χ1v) is 8.30. The van der Waals surface area contributed by atoms with Crippen LogP contribution in [0.4, 0.5) is 5.00 Å². The number of fused-ring (bicyclic) bond motifs is 2. The molecule has 0 atom stereocenters. The van der Waals surface area contributed by atoms with Gasteiger partial charge in [-0.15, -0.1) is 11.3 Å². The van der Waals surface area contributed by atoms with Gasteiger partial charge >= 0.3 is 0 Å². The van der Waals surface area contributed by atoms with E-state index in [4.69, 9.17) is 10.00 Å². The molecule has 1 N–H and O–H groups in total. The predicted octanol–water partition coefficient (Wildman–Crippen LogP) is 4.50. The highest BCUT2D eigenvalue weighted by molar-refractivity contribution is 7.14. The molecule has 3 aromatic rings. The first kappa shape index (κ1) is 14.5. The maximum Gasteiger partial charge on any atom is 0.237 e. The zero-order valence-corrected chi connectivity index (χ0v) is 13.3. The summed E-state index contributed by atoms with van der Waals surface area (Å²) >= 11 is 1.34. The second-order valence-electron chi connectivity index (χ2n) is 5.38. The van der Waals surface area contributed by atoms with Crippen LogP contribution in [0.3, 0.4) is 0 Å². The normalized spacial score (nSPS) is 12.5. The lowest BCUT2D eigenvalue weighted by Crippen LogP contribution is -2.24. The summed E-state index contributed by atoms with van der Waals surface area (Å²) < 4.78 is 5.91. The van der Waals surface area contributed by atoms with Crippen LogP contribution in [0.1, 0.15) is 22.6 Å². The van der Waals surface area contributed by atoms with Crippen molar-refractivity contribution in [2.75, 3.05) is 5.32 Å². The van der Waals surface area contributed by atoms with Crippen LogP contribution in [-0.2, 0) is 4.79 Å². The molecule has 2 aromatic carbocycles. The Morgan fingerprint density at radius 2 is 1.67 bits per heavy atom. The van der Waals surface area contributed by atoms with E-state index in [1.807, 2.05) is 48.5 Å². The van der Waals surface area contributed by atoms with Crippen molar-refractivity contribution in [1.29, 1.82) is 5.26 Å². The fraction of sp³-hybridized carbons (Fsp3) is 0.0526. The molecule has 24 heavy (non-hydrogen) atoms. The number of hydrogen-bond acceptors (Lipinski definition) is 4. The maximum atomic E-state index is 13.0. The van der Waals surface area contributed by atoms with Crippen molar-refractivity contribution in [1.82, 2.24) is 0 Å². The number of nitriles is 1. The lowest BCUT2D eigenvalue weighted by Gasteiger charge is -2.27. The van der Waals surface area contributed by atoms with Gasteiger partial charge in [-0.05, 0) is 23.6 Å². The van der Waals surface area contributed by atoms with Crippen LogP contribution in [-0.4, -0.2) is 5.91 Å². The third-order valence-corrected chi connectivity index (χ3v) is 4.79. The van der Waals surface area contributed by atoms with Gasteiger partial charge in [0.2, 0.25) is 5.91 Å². The van der Waals surface area contributed by atoms with E-state index in [1.54, 1.807) is 11.4 Å². The maximum absolute atomic E-state index is 13.0. The summed E-state index contributed by atoms with van der Waals surface area (Å²) in [5.41, 5.74) is 2.12. The second kappa shape index (κ2) is 5.84. The molecule has 0 bridgehead atoms. The van der Waals surface area contributed by atoms with Gasteiger partial charge in [0.15, 0.2) is 0 Å². The third kappa shape index (κ3) is 2.34. The topological polar surface area (TPSA) is 62.1 Å². The van der Waals surface area contributed by atoms with Gasteiger partial charge in [0.05, 0.1) is 11.5 Å². The van der Waals surface area contributed by atoms with Gasteiger partial charge in [-0.25, -0.2) is 0 Å². The Bertz CT molecular complexity index is 926. The number of amides is 1. The minimum Gasteiger partial charge on any atom is -0.457 e. The van der Waals surface area contributed by atoms with Crippen LogP contribution >= 0.6 is 11.3 Å². The van der Waals surface area contributed by atoms with Crippen LogP contribution in [0, 0.1) is 11.3 Å². The van der Waals surface area contributed by atoms with Crippen molar-refractivity contribution in [3.63, 3.8) is 0 Å². The molecule has 1 aromatic heterocycles. The summed E-state index contributed by atoms with van der Waals surface area (Å²) in [6, 6.07) is 18.9. The number of nitrogens with one attached hydrogen (secondary N) is 1. The lowest BCUT2D eigenvalue weighted by atomic mass is 9.87. The van der Waals surface area contributed by atoms with E-state index >= 15 is 0 Å². The van der Waals surface area contributed by atoms with Crippen LogP contribution in [0.2, 0.25) is 0 Å². The lowest BCUT2D eigenvalue weighted by molar-refractivity contribution is -0.116. The Labute approximate surface area is 142 Å². The molecule has 1 amide bonds. The minimum atomic E-state index is -0.472. The summed E-state index contributed by atoms with van der Waals surface area (Å²) in [5.74, 6) is 0.725. The summed E-state index contributed by atoms with van der Waals surface area (Å²) in [6.45, 7) is 0. The number of hydrogen-bond donors (Lipinski definition) is 1. The van der Waals surface area contributed by atoms with E-state index < -0.39 is 5.92 Å². The van der Waals surface area contributed by atoms with Crippen molar-refractivity contribution in [2.45, 2.75) is 5.92 Å². The SMILES string of the molecule is N#Cc1ccsc1NC(=O)C1c2ccccc2Oc2ccccc21. The Morgan fingerprint density at radius 3 is 2.29 bits per heavy atom. The number of thiophene rings is 1. The summed E-state index contributed by atoms with van der Waals surface area (Å²) in [4.78, 5) is 13.0. The monoisotopic (exact) mass is 332 g/mol. The van der Waals surface area contributed by atoms with Crippen molar-refractivity contribution in [3.05, 3.63) is 76.7 Å². The van der Waals surface area contributed by atoms with Gasteiger partial charge < -0.3 is 10.1 Å². The highest BCUT2D eigenvalue weighted by Gasteiger charge is 2.32. The first-order chi connectivity index (χ1) is 11.8. The Hall–Kier alpha value is -3.10. The number of benzene rings is 2. The van der Waals surface area contributed by atoms with Crippen LogP contribution in [0.25, 0.3) is 0 Å². The standard InChI is InChI=1S/C19H12N2O2S/c20-11-12-9-10-24-19(12)21-18(22)17-13-5-1-3-7-15(13)23-16-8-4-2-6-14(16)17/h1-10,17H,(H,21,22). The number of carbonyl (C=O) groups excluding carboxylic acids is 1. The van der Waals surface area contributed by atoms with E-state index in [1.165, 1.54) is 11.3 Å². The molecule has 0 saturated heterocycles. The molecular formula is C19H12N2O2S. The molecule has 4 rings (SSSR count). The molecule has 2 heterocycles. The number of nitrogens with zero attached hydrogens (tertiary/aromatic N) is 1. The number of para-hydroxylation sites is 2. The molecule has 0 fully saturated rings. The zero-order valence-electron chi connectivity index (χ0n) is 12.5. The number of carbonyl (C=O) groups is 1. The van der Waals surface area contributed by atoms with E-state index in [9.17, 15) is 4.79 Å². The zero-order chi connectivity index (χ0) is 16.5. The van der Waals surface area contributed by atoms with Gasteiger partial charge in [0, 0.05) is 11.1 Å². The van der Waals surface area contributed by atoms with Crippen molar-refractivity contribution in [3.8, 4) is 17.6 Å². The average Bonchev–Trinajstić information content (AvgIpc) is 3.06. The average molecular weight is 332 g/mol. The molecule has 116 valence electrons. The summed E-state index contributed by atoms with van der Waals surface area (Å²) in [5, 5.41) is 14.4. The highest BCUT2D eigenvalue weighted by atomic mass is 32.1. The van der Waals surface area contributed by atoms with Gasteiger partial charge in [-0.3, -0.25) is 4.79 Å². The number of ether oxygens (including phenoxy) is 1. The molecule has 5 heteroatoms. The fourth-order valence-electron chi connectivity index (χ4n) is 2.87. The second-order valence-corrected chi connectivity index (χ2v) is 6.29. The number of anilines is 1. The van der Waals surface area contributed by atoms with Crippen molar-refractivity contribution < 1.29 is 9.53 Å². The molecule has 0 aliphatic carbocycles. The van der Waals surface area contributed by atoms with E-state index in [0.717, 1.165) is 11.1 Å². The van der Waals surface area contributed by atoms with Crippen molar-refractivity contribution in [2.24, 2.45) is 0 Å². The number of rotatable bonds is 2. The van der Waals surface area contributed by atoms with Gasteiger partial charge in [0.25, 0.3) is 0 Å². The first-order valence-electron chi connectivity index (χ1n) is 7.42. The Balaban J connectivity index is 1.77. The molecule has 0 radical (unpaired) electrons. The minimum absolute atomic E-state index is 0.169. The third-order valence-electron chi connectivity index (χ3n) is 3.96. The van der Waals surface area contributed by atoms with E-state index in [-0.39, 0.29) is 5.91 Å². The summed E-state index contributed by atoms with van der Waals surface area (Å²) in [7, 11) is 0. The molecule has 0 saturated carbocycles. The van der Waals surface area contributed by atoms with Gasteiger partial charge in [-0.2, -0.15) is 5.26 Å². The molecule has 4 nitrogen and oxygen atoms in total. The predicted molar refractivity (Wildman–Crippen MR) is 92.5 cm³/mol. The van der Waals surface area contributed by atoms with E-state index in [0.29, 0.717) is 22.1 Å². The largest absolute Gasteiger partial charge is 0.457 e.